The van der Waals surface area contributed by atoms with Gasteiger partial charge in [0.1, 0.15) is 5.82 Å². The first-order valence-corrected chi connectivity index (χ1v) is 8.56. The predicted octanol–water partition coefficient (Wildman–Crippen LogP) is 1.46. The number of aromatic nitrogens is 4. The molecule has 2 aromatic heterocycles. The summed E-state index contributed by atoms with van der Waals surface area (Å²) in [7, 11) is 0. The van der Waals surface area contributed by atoms with E-state index in [0.717, 1.165) is 18.6 Å². The summed E-state index contributed by atoms with van der Waals surface area (Å²) in [5.41, 5.74) is 3.94. The summed E-state index contributed by atoms with van der Waals surface area (Å²) in [6.07, 6.45) is 5.95. The Morgan fingerprint density at radius 2 is 2.17 bits per heavy atom. The molecule has 9 nitrogen and oxygen atoms in total. The Labute approximate surface area is 143 Å². The smallest absolute Gasteiger partial charge is 0.264 e. The third-order valence-corrected chi connectivity index (χ3v) is 4.37. The molecule has 0 unspecified atom stereocenters. The van der Waals surface area contributed by atoms with E-state index in [4.69, 9.17) is 5.84 Å². The number of carbonyl (C=O) groups is 1. The minimum absolute atomic E-state index is 0.153. The molecule has 24 heavy (non-hydrogen) atoms. The first-order valence-electron chi connectivity index (χ1n) is 7.58. The first kappa shape index (κ1) is 16.2. The van der Waals surface area contributed by atoms with E-state index in [1.165, 1.54) is 29.3 Å². The van der Waals surface area contributed by atoms with Crippen LogP contribution in [0.25, 0.3) is 0 Å². The van der Waals surface area contributed by atoms with Crippen molar-refractivity contribution in [3.05, 3.63) is 24.4 Å². The standard InChI is InChI=1S/C14H18N8OS/c15-22-13(19-18-10-5-1-2-6-10)20-21-14(22)24-9-12(23)17-11-7-3-4-8-16-11/h3-4,7-8H,1-2,5-6,9,15H2,(H,19,20)(H,16,17,23). The van der Waals surface area contributed by atoms with Crippen molar-refractivity contribution in [2.24, 2.45) is 5.10 Å². The number of carbonyl (C=O) groups excluding carboxylic acids is 1. The second-order valence-corrected chi connectivity index (χ2v) is 6.17. The third kappa shape index (κ3) is 4.22. The fourth-order valence-corrected chi connectivity index (χ4v) is 2.88. The molecule has 4 N–H and O–H groups in total. The number of nitrogens with two attached hydrogens (primary N) is 1. The van der Waals surface area contributed by atoms with E-state index in [1.54, 1.807) is 24.4 Å². The number of hydrogen-bond donors (Lipinski definition) is 3. The first-order chi connectivity index (χ1) is 11.7. The Hall–Kier alpha value is -2.62. The number of pyridine rings is 1. The number of amides is 1. The van der Waals surface area contributed by atoms with Gasteiger partial charge in [0, 0.05) is 11.9 Å². The highest BCUT2D eigenvalue weighted by Crippen LogP contribution is 2.18. The van der Waals surface area contributed by atoms with Crippen LogP contribution >= 0.6 is 11.8 Å². The van der Waals surface area contributed by atoms with Crippen molar-refractivity contribution < 1.29 is 4.79 Å². The van der Waals surface area contributed by atoms with Gasteiger partial charge in [-0.1, -0.05) is 17.8 Å². The lowest BCUT2D eigenvalue weighted by molar-refractivity contribution is -0.113. The van der Waals surface area contributed by atoms with Crippen LogP contribution in [0.4, 0.5) is 11.8 Å². The molecule has 0 spiro atoms. The van der Waals surface area contributed by atoms with Crippen molar-refractivity contribution in [1.82, 2.24) is 19.9 Å². The molecule has 0 saturated heterocycles. The van der Waals surface area contributed by atoms with Crippen molar-refractivity contribution in [3.8, 4) is 0 Å². The van der Waals surface area contributed by atoms with Crippen LogP contribution in [0.3, 0.4) is 0 Å². The molecule has 0 radical (unpaired) electrons. The maximum atomic E-state index is 11.9. The molecule has 1 amide bonds. The molecule has 0 aliphatic heterocycles. The van der Waals surface area contributed by atoms with Crippen LogP contribution in [0.15, 0.2) is 34.7 Å². The lowest BCUT2D eigenvalue weighted by Crippen LogP contribution is -2.17. The van der Waals surface area contributed by atoms with Gasteiger partial charge in [-0.25, -0.2) is 15.1 Å². The van der Waals surface area contributed by atoms with Gasteiger partial charge in [0.05, 0.1) is 5.75 Å². The molecule has 0 bridgehead atoms. The largest absolute Gasteiger partial charge is 0.334 e. The predicted molar refractivity (Wildman–Crippen MR) is 93.3 cm³/mol. The molecule has 2 heterocycles. The topological polar surface area (TPSA) is 123 Å². The van der Waals surface area contributed by atoms with E-state index in [-0.39, 0.29) is 11.7 Å². The molecule has 1 saturated carbocycles. The van der Waals surface area contributed by atoms with Gasteiger partial charge in [-0.15, -0.1) is 10.2 Å². The van der Waals surface area contributed by atoms with E-state index in [2.05, 4.69) is 31.0 Å². The number of hydrogen-bond acceptors (Lipinski definition) is 8. The average molecular weight is 346 g/mol. The average Bonchev–Trinajstić information content (AvgIpc) is 3.22. The lowest BCUT2D eigenvalue weighted by Gasteiger charge is -2.04. The van der Waals surface area contributed by atoms with E-state index < -0.39 is 0 Å². The van der Waals surface area contributed by atoms with Gasteiger partial charge in [-0.2, -0.15) is 5.10 Å². The van der Waals surface area contributed by atoms with Gasteiger partial charge < -0.3 is 11.2 Å². The summed E-state index contributed by atoms with van der Waals surface area (Å²) in [5, 5.41) is 15.3. The van der Waals surface area contributed by atoms with Gasteiger partial charge in [-0.05, 0) is 37.8 Å². The van der Waals surface area contributed by atoms with E-state index in [1.807, 2.05) is 0 Å². The van der Waals surface area contributed by atoms with E-state index in [9.17, 15) is 4.79 Å². The molecule has 1 fully saturated rings. The summed E-state index contributed by atoms with van der Waals surface area (Å²) in [6, 6.07) is 5.30. The fraction of sp³-hybridized carbons (Fsp3) is 0.357. The molecule has 0 atom stereocenters. The van der Waals surface area contributed by atoms with Crippen LogP contribution in [-0.4, -0.2) is 37.2 Å². The van der Waals surface area contributed by atoms with Gasteiger partial charge in [0.2, 0.25) is 11.1 Å². The highest BCUT2D eigenvalue weighted by Gasteiger charge is 2.13. The number of thioether (sulfide) groups is 1. The van der Waals surface area contributed by atoms with Gasteiger partial charge in [0.15, 0.2) is 0 Å². The van der Waals surface area contributed by atoms with Gasteiger partial charge in [0.25, 0.3) is 5.95 Å². The molecule has 1 aliphatic carbocycles. The summed E-state index contributed by atoms with van der Waals surface area (Å²) in [5.74, 6) is 6.74. The number of nitrogens with one attached hydrogen (secondary N) is 2. The number of hydrazone groups is 1. The van der Waals surface area contributed by atoms with Crippen LogP contribution in [0.5, 0.6) is 0 Å². The quantitative estimate of drug-likeness (QED) is 0.411. The van der Waals surface area contributed by atoms with E-state index >= 15 is 0 Å². The van der Waals surface area contributed by atoms with Gasteiger partial charge in [-0.3, -0.25) is 4.79 Å². The molecule has 2 aromatic rings. The fourth-order valence-electron chi connectivity index (χ4n) is 2.22. The van der Waals surface area contributed by atoms with Crippen molar-refractivity contribution in [3.63, 3.8) is 0 Å². The Bertz CT molecular complexity index is 722. The maximum Gasteiger partial charge on any atom is 0.264 e. The number of nitrogens with zero attached hydrogens (tertiary/aromatic N) is 5. The Kier molecular flexibility index (Phi) is 5.26. The highest BCUT2D eigenvalue weighted by atomic mass is 32.2. The monoisotopic (exact) mass is 346 g/mol. The minimum atomic E-state index is -0.192. The number of anilines is 2. The molecule has 10 heteroatoms. The van der Waals surface area contributed by atoms with Gasteiger partial charge >= 0.3 is 0 Å². The van der Waals surface area contributed by atoms with Crippen LogP contribution < -0.4 is 16.6 Å². The molecular formula is C14H18N8OS. The maximum absolute atomic E-state index is 11.9. The molecule has 0 aromatic carbocycles. The molecule has 126 valence electrons. The number of rotatable bonds is 6. The zero-order valence-electron chi connectivity index (χ0n) is 13.0. The second kappa shape index (κ2) is 7.77. The van der Waals surface area contributed by atoms with Crippen LogP contribution in [-0.2, 0) is 4.79 Å². The number of nitrogen functional groups attached to an aromatic ring is 1. The van der Waals surface area contributed by atoms with E-state index in [0.29, 0.717) is 16.9 Å². The SMILES string of the molecule is Nn1c(NN=C2CCCC2)nnc1SCC(=O)Nc1ccccn1. The zero-order chi connectivity index (χ0) is 16.8. The van der Waals surface area contributed by atoms with Crippen LogP contribution in [0, 0.1) is 0 Å². The minimum Gasteiger partial charge on any atom is -0.334 e. The van der Waals surface area contributed by atoms with Crippen molar-refractivity contribution in [2.45, 2.75) is 30.8 Å². The lowest BCUT2D eigenvalue weighted by atomic mass is 10.3. The van der Waals surface area contributed by atoms with Crippen LogP contribution in [0.2, 0.25) is 0 Å². The Morgan fingerprint density at radius 3 is 2.92 bits per heavy atom. The zero-order valence-corrected chi connectivity index (χ0v) is 13.8. The molecule has 1 aliphatic rings. The molecule has 3 rings (SSSR count). The van der Waals surface area contributed by atoms with Crippen molar-refractivity contribution >= 4 is 35.1 Å². The Balaban J connectivity index is 1.52. The summed E-state index contributed by atoms with van der Waals surface area (Å²) in [6.45, 7) is 0. The summed E-state index contributed by atoms with van der Waals surface area (Å²) >= 11 is 1.19. The summed E-state index contributed by atoms with van der Waals surface area (Å²) < 4.78 is 1.29. The van der Waals surface area contributed by atoms with Crippen molar-refractivity contribution in [1.29, 1.82) is 0 Å². The van der Waals surface area contributed by atoms with Crippen LogP contribution in [0.1, 0.15) is 25.7 Å². The Morgan fingerprint density at radius 1 is 1.33 bits per heavy atom. The second-order valence-electron chi connectivity index (χ2n) is 5.22. The highest BCUT2D eigenvalue weighted by molar-refractivity contribution is 7.99. The van der Waals surface area contributed by atoms with Crippen molar-refractivity contribution in [2.75, 3.05) is 22.3 Å². The normalized spacial score (nSPS) is 13.8. The molecular weight excluding hydrogens is 328 g/mol. The summed E-state index contributed by atoms with van der Waals surface area (Å²) in [4.78, 5) is 15.9. The third-order valence-electron chi connectivity index (χ3n) is 3.42.